The fourth-order valence-electron chi connectivity index (χ4n) is 2.06. The van der Waals surface area contributed by atoms with Crippen LogP contribution in [0.1, 0.15) is 54.9 Å². The topological polar surface area (TPSA) is 95.4 Å². The molecule has 0 radical (unpaired) electrons. The van der Waals surface area contributed by atoms with Crippen molar-refractivity contribution in [3.05, 3.63) is 0 Å². The number of rotatable bonds is 6. The quantitative estimate of drug-likeness (QED) is 0.775. The van der Waals surface area contributed by atoms with E-state index in [0.717, 1.165) is 0 Å². The van der Waals surface area contributed by atoms with Crippen LogP contribution in [0.25, 0.3) is 0 Å². The van der Waals surface area contributed by atoms with Crippen molar-refractivity contribution in [2.45, 2.75) is 72.6 Å². The molecule has 5 nitrogen and oxygen atoms in total. The zero-order valence-electron chi connectivity index (χ0n) is 13.8. The predicted octanol–water partition coefficient (Wildman–Crippen LogP) is 1.62. The summed E-state index contributed by atoms with van der Waals surface area (Å²) in [4.78, 5) is 23.7. The Kier molecular flexibility index (Phi) is 6.36. The third kappa shape index (κ3) is 6.48. The maximum Gasteiger partial charge on any atom is 0.221 e. The number of Topliss-reactive ketones (excluding diaryl/α,β-unsaturated/α-hetero) is 1. The first kappa shape index (κ1) is 19.1. The maximum atomic E-state index is 12.2. The number of nitrogens with two attached hydrogens (primary N) is 2. The largest absolute Gasteiger partial charge is 0.371 e. The summed E-state index contributed by atoms with van der Waals surface area (Å²) in [5.41, 5.74) is 10.6. The van der Waals surface area contributed by atoms with E-state index in [4.69, 9.17) is 16.2 Å². The van der Waals surface area contributed by atoms with Crippen molar-refractivity contribution in [3.63, 3.8) is 0 Å². The van der Waals surface area contributed by atoms with Gasteiger partial charge in [0.25, 0.3) is 0 Å². The molecule has 118 valence electrons. The molecule has 0 aromatic carbocycles. The molecular weight excluding hydrogens is 256 g/mol. The lowest BCUT2D eigenvalue weighted by Crippen LogP contribution is -2.47. The van der Waals surface area contributed by atoms with Crippen LogP contribution < -0.4 is 11.5 Å². The van der Waals surface area contributed by atoms with Gasteiger partial charge < -0.3 is 16.2 Å². The number of amides is 1. The second kappa shape index (κ2) is 6.68. The Morgan fingerprint density at radius 3 is 1.85 bits per heavy atom. The lowest BCUT2D eigenvalue weighted by atomic mass is 9.76. The smallest absolute Gasteiger partial charge is 0.221 e. The zero-order chi connectivity index (χ0) is 16.3. The van der Waals surface area contributed by atoms with Crippen molar-refractivity contribution in [1.29, 1.82) is 0 Å². The third-order valence-electron chi connectivity index (χ3n) is 3.21. The summed E-state index contributed by atoms with van der Waals surface area (Å²) >= 11 is 0. The molecule has 0 unspecified atom stereocenters. The first-order chi connectivity index (χ1) is 8.75. The molecule has 0 aromatic rings. The van der Waals surface area contributed by atoms with Gasteiger partial charge in [0.05, 0.1) is 17.7 Å². The molecule has 0 heterocycles. The van der Waals surface area contributed by atoms with Gasteiger partial charge in [-0.05, 0) is 33.1 Å². The van der Waals surface area contributed by atoms with E-state index in [1.807, 2.05) is 41.5 Å². The van der Waals surface area contributed by atoms with Crippen LogP contribution in [0.2, 0.25) is 0 Å². The van der Waals surface area contributed by atoms with E-state index in [1.165, 1.54) is 0 Å². The molecule has 3 atom stereocenters. The molecule has 1 amide bonds. The van der Waals surface area contributed by atoms with Crippen LogP contribution in [-0.2, 0) is 14.3 Å². The van der Waals surface area contributed by atoms with Gasteiger partial charge in [0.15, 0.2) is 5.78 Å². The Morgan fingerprint density at radius 1 is 1.10 bits per heavy atom. The first-order valence-electron chi connectivity index (χ1n) is 7.01. The average molecular weight is 286 g/mol. The molecule has 0 bridgehead atoms. The van der Waals surface area contributed by atoms with E-state index in [-0.39, 0.29) is 23.2 Å². The summed E-state index contributed by atoms with van der Waals surface area (Å²) in [7, 11) is 0. The average Bonchev–Trinajstić information content (AvgIpc) is 2.19. The second-order valence-corrected chi connectivity index (χ2v) is 7.45. The highest BCUT2D eigenvalue weighted by Crippen LogP contribution is 2.29. The molecule has 0 spiro atoms. The Morgan fingerprint density at radius 2 is 1.55 bits per heavy atom. The van der Waals surface area contributed by atoms with E-state index in [2.05, 4.69) is 0 Å². The number of carbonyl (C=O) groups excluding carboxylic acids is 2. The molecule has 0 saturated carbocycles. The Hall–Kier alpha value is -0.940. The minimum atomic E-state index is -0.751. The number of ketones is 1. The summed E-state index contributed by atoms with van der Waals surface area (Å²) in [5.74, 6) is -1.19. The number of hydrogen-bond donors (Lipinski definition) is 2. The van der Waals surface area contributed by atoms with Gasteiger partial charge in [-0.15, -0.1) is 0 Å². The lowest BCUT2D eigenvalue weighted by molar-refractivity contribution is -0.134. The van der Waals surface area contributed by atoms with Crippen LogP contribution in [-0.4, -0.2) is 29.4 Å². The number of hydrogen-bond acceptors (Lipinski definition) is 4. The standard InChI is InChI=1S/C15H30N2O3/c1-9(20-15(5,6)7)12(16)11(18)8-10(13(17)19)14(2,3)4/h9-10,12H,8,16H2,1-7H3,(H2,17,19)/t9-,10-,12+/m1/s1. The Balaban J connectivity index is 4.78. The fraction of sp³-hybridized carbons (Fsp3) is 0.867. The Bertz CT molecular complexity index is 353. The fourth-order valence-corrected chi connectivity index (χ4v) is 2.06. The van der Waals surface area contributed by atoms with Gasteiger partial charge in [-0.25, -0.2) is 0 Å². The van der Waals surface area contributed by atoms with Crippen molar-refractivity contribution >= 4 is 11.7 Å². The van der Waals surface area contributed by atoms with Crippen molar-refractivity contribution in [2.75, 3.05) is 0 Å². The van der Waals surface area contributed by atoms with Crippen LogP contribution in [0.4, 0.5) is 0 Å². The highest BCUT2D eigenvalue weighted by Gasteiger charge is 2.34. The molecule has 20 heavy (non-hydrogen) atoms. The van der Waals surface area contributed by atoms with E-state index in [0.29, 0.717) is 0 Å². The van der Waals surface area contributed by atoms with E-state index in [1.54, 1.807) is 6.92 Å². The molecule has 0 aromatic heterocycles. The normalized spacial score (nSPS) is 17.4. The molecule has 0 fully saturated rings. The molecule has 0 aliphatic heterocycles. The third-order valence-corrected chi connectivity index (χ3v) is 3.21. The molecule has 4 N–H and O–H groups in total. The molecule has 0 aliphatic carbocycles. The van der Waals surface area contributed by atoms with E-state index >= 15 is 0 Å². The van der Waals surface area contributed by atoms with Crippen LogP contribution >= 0.6 is 0 Å². The molecule has 0 aliphatic rings. The van der Waals surface area contributed by atoms with Crippen LogP contribution in [0.5, 0.6) is 0 Å². The molecule has 0 rings (SSSR count). The van der Waals surface area contributed by atoms with Crippen LogP contribution in [0.15, 0.2) is 0 Å². The minimum absolute atomic E-state index is 0.0534. The number of carbonyl (C=O) groups is 2. The van der Waals surface area contributed by atoms with Gasteiger partial charge in [0, 0.05) is 12.3 Å². The molecule has 5 heteroatoms. The van der Waals surface area contributed by atoms with Crippen LogP contribution in [0, 0.1) is 11.3 Å². The number of primary amides is 1. The van der Waals surface area contributed by atoms with Crippen molar-refractivity contribution in [3.8, 4) is 0 Å². The van der Waals surface area contributed by atoms with Gasteiger partial charge in [0.1, 0.15) is 0 Å². The summed E-state index contributed by atoms with van der Waals surface area (Å²) in [5, 5.41) is 0. The van der Waals surface area contributed by atoms with Gasteiger partial charge in [-0.3, -0.25) is 9.59 Å². The second-order valence-electron chi connectivity index (χ2n) is 7.45. The summed E-state index contributed by atoms with van der Waals surface area (Å²) in [6.07, 6.45) is -0.353. The van der Waals surface area contributed by atoms with Gasteiger partial charge in [-0.2, -0.15) is 0 Å². The zero-order valence-corrected chi connectivity index (χ0v) is 13.8. The van der Waals surface area contributed by atoms with Crippen molar-refractivity contribution < 1.29 is 14.3 Å². The summed E-state index contributed by atoms with van der Waals surface area (Å²) in [6.45, 7) is 13.1. The van der Waals surface area contributed by atoms with Gasteiger partial charge in [0.2, 0.25) is 5.91 Å². The Labute approximate surface area is 122 Å². The highest BCUT2D eigenvalue weighted by molar-refractivity contribution is 5.89. The SMILES string of the molecule is C[C@@H](OC(C)(C)C)[C@H](N)C(=O)C[C@H](C(N)=O)C(C)(C)C. The van der Waals surface area contributed by atoms with Crippen molar-refractivity contribution in [1.82, 2.24) is 0 Å². The van der Waals surface area contributed by atoms with E-state index < -0.39 is 24.0 Å². The van der Waals surface area contributed by atoms with Gasteiger partial charge in [-0.1, -0.05) is 20.8 Å². The minimum Gasteiger partial charge on any atom is -0.371 e. The summed E-state index contributed by atoms with van der Waals surface area (Å²) in [6, 6.07) is -0.751. The first-order valence-corrected chi connectivity index (χ1v) is 7.01. The predicted molar refractivity (Wildman–Crippen MR) is 80.0 cm³/mol. The number of ether oxygens (including phenoxy) is 1. The van der Waals surface area contributed by atoms with Crippen molar-refractivity contribution in [2.24, 2.45) is 22.8 Å². The van der Waals surface area contributed by atoms with Gasteiger partial charge >= 0.3 is 0 Å². The summed E-state index contributed by atoms with van der Waals surface area (Å²) < 4.78 is 5.69. The molecular formula is C15H30N2O3. The van der Waals surface area contributed by atoms with Crippen LogP contribution in [0.3, 0.4) is 0 Å². The lowest BCUT2D eigenvalue weighted by Gasteiger charge is -2.31. The maximum absolute atomic E-state index is 12.2. The highest BCUT2D eigenvalue weighted by atomic mass is 16.5. The molecule has 0 saturated heterocycles. The monoisotopic (exact) mass is 286 g/mol. The van der Waals surface area contributed by atoms with E-state index in [9.17, 15) is 9.59 Å².